The van der Waals surface area contributed by atoms with E-state index >= 15 is 0 Å². The fourth-order valence-corrected chi connectivity index (χ4v) is 3.46. The standard InChI is InChI=1S/C21H32N6/c1-16(2)27(18-10-11-18)13-12-23-21(22-3)26(4)15-20-24-14-19(25-20)17-8-6-5-7-9-17/h5-9,14,16,18H,10-13,15H2,1-4H3,(H,22,23)(H,24,25). The zero-order chi connectivity index (χ0) is 19.2. The molecular formula is C21H32N6. The first kappa shape index (κ1) is 19.4. The van der Waals surface area contributed by atoms with Crippen molar-refractivity contribution in [3.63, 3.8) is 0 Å². The fourth-order valence-electron chi connectivity index (χ4n) is 3.46. The lowest BCUT2D eigenvalue weighted by atomic mass is 10.2. The van der Waals surface area contributed by atoms with Crippen molar-refractivity contribution in [2.45, 2.75) is 45.3 Å². The lowest BCUT2D eigenvalue weighted by molar-refractivity contribution is 0.214. The Morgan fingerprint density at radius 3 is 2.67 bits per heavy atom. The number of hydrogen-bond donors (Lipinski definition) is 2. The van der Waals surface area contributed by atoms with Crippen molar-refractivity contribution in [3.8, 4) is 11.3 Å². The number of rotatable bonds is 8. The summed E-state index contributed by atoms with van der Waals surface area (Å²) in [7, 11) is 3.87. The van der Waals surface area contributed by atoms with Gasteiger partial charge in [0.15, 0.2) is 5.96 Å². The van der Waals surface area contributed by atoms with Crippen molar-refractivity contribution >= 4 is 5.96 Å². The number of benzene rings is 1. The highest BCUT2D eigenvalue weighted by Crippen LogP contribution is 2.27. The highest BCUT2D eigenvalue weighted by molar-refractivity contribution is 5.79. The van der Waals surface area contributed by atoms with Crippen molar-refractivity contribution in [1.82, 2.24) is 25.1 Å². The van der Waals surface area contributed by atoms with Gasteiger partial charge in [0.2, 0.25) is 0 Å². The summed E-state index contributed by atoms with van der Waals surface area (Å²) in [6, 6.07) is 11.6. The van der Waals surface area contributed by atoms with Crippen LogP contribution in [0.4, 0.5) is 0 Å². The first-order chi connectivity index (χ1) is 13.1. The summed E-state index contributed by atoms with van der Waals surface area (Å²) < 4.78 is 0. The van der Waals surface area contributed by atoms with Crippen LogP contribution >= 0.6 is 0 Å². The van der Waals surface area contributed by atoms with E-state index < -0.39 is 0 Å². The Morgan fingerprint density at radius 1 is 1.30 bits per heavy atom. The summed E-state index contributed by atoms with van der Waals surface area (Å²) in [6.45, 7) is 7.19. The van der Waals surface area contributed by atoms with Gasteiger partial charge in [-0.05, 0) is 32.3 Å². The van der Waals surface area contributed by atoms with Crippen molar-refractivity contribution in [3.05, 3.63) is 42.4 Å². The first-order valence-electron chi connectivity index (χ1n) is 9.85. The molecule has 1 heterocycles. The van der Waals surface area contributed by atoms with Gasteiger partial charge in [-0.1, -0.05) is 30.3 Å². The van der Waals surface area contributed by atoms with Crippen LogP contribution in [0.5, 0.6) is 0 Å². The molecule has 0 aliphatic heterocycles. The molecule has 6 nitrogen and oxygen atoms in total. The molecule has 1 saturated carbocycles. The third kappa shape index (κ3) is 5.32. The Morgan fingerprint density at radius 2 is 2.04 bits per heavy atom. The largest absolute Gasteiger partial charge is 0.355 e. The fraction of sp³-hybridized carbons (Fsp3) is 0.524. The maximum absolute atomic E-state index is 4.52. The average Bonchev–Trinajstić information content (AvgIpc) is 3.40. The molecule has 0 bridgehead atoms. The topological polar surface area (TPSA) is 59.6 Å². The van der Waals surface area contributed by atoms with Gasteiger partial charge < -0.3 is 15.2 Å². The van der Waals surface area contributed by atoms with E-state index in [1.807, 2.05) is 38.5 Å². The molecule has 2 aromatic rings. The van der Waals surface area contributed by atoms with Crippen LogP contribution < -0.4 is 5.32 Å². The molecule has 0 radical (unpaired) electrons. The van der Waals surface area contributed by atoms with Crippen molar-refractivity contribution < 1.29 is 0 Å². The van der Waals surface area contributed by atoms with Gasteiger partial charge in [0.1, 0.15) is 5.82 Å². The van der Waals surface area contributed by atoms with Crippen LogP contribution in [0, 0.1) is 0 Å². The molecule has 6 heteroatoms. The number of H-pyrrole nitrogens is 1. The minimum Gasteiger partial charge on any atom is -0.355 e. The summed E-state index contributed by atoms with van der Waals surface area (Å²) in [5.74, 6) is 1.83. The second kappa shape index (κ2) is 9.04. The second-order valence-electron chi connectivity index (χ2n) is 7.50. The second-order valence-corrected chi connectivity index (χ2v) is 7.50. The summed E-state index contributed by atoms with van der Waals surface area (Å²) in [5.41, 5.74) is 2.19. The maximum Gasteiger partial charge on any atom is 0.193 e. The normalized spacial score (nSPS) is 14.8. The molecule has 2 N–H and O–H groups in total. The SMILES string of the molecule is CN=C(NCCN(C(C)C)C1CC1)N(C)Cc1ncc(-c2ccccc2)[nH]1. The van der Waals surface area contributed by atoms with Gasteiger partial charge in [0.05, 0.1) is 18.4 Å². The van der Waals surface area contributed by atoms with Crippen LogP contribution in [0.25, 0.3) is 11.3 Å². The Hall–Kier alpha value is -2.34. The van der Waals surface area contributed by atoms with Crippen LogP contribution in [0.15, 0.2) is 41.5 Å². The van der Waals surface area contributed by atoms with Gasteiger partial charge in [0.25, 0.3) is 0 Å². The van der Waals surface area contributed by atoms with Crippen molar-refractivity contribution in [2.24, 2.45) is 4.99 Å². The third-order valence-corrected chi connectivity index (χ3v) is 5.01. The van der Waals surface area contributed by atoms with E-state index in [1.165, 1.54) is 12.8 Å². The minimum atomic E-state index is 0.596. The van der Waals surface area contributed by atoms with E-state index in [0.29, 0.717) is 12.6 Å². The molecule has 0 unspecified atom stereocenters. The van der Waals surface area contributed by atoms with Crippen LogP contribution in [0.3, 0.4) is 0 Å². The van der Waals surface area contributed by atoms with E-state index in [0.717, 1.165) is 42.2 Å². The molecule has 1 aromatic heterocycles. The summed E-state index contributed by atoms with van der Waals surface area (Å²) >= 11 is 0. The molecule has 1 aromatic carbocycles. The van der Waals surface area contributed by atoms with Gasteiger partial charge in [-0.2, -0.15) is 0 Å². The molecule has 1 aliphatic rings. The number of aliphatic imine (C=N–C) groups is 1. The highest BCUT2D eigenvalue weighted by Gasteiger charge is 2.30. The molecule has 0 spiro atoms. The lowest BCUT2D eigenvalue weighted by Gasteiger charge is -2.27. The average molecular weight is 369 g/mol. The number of nitrogens with zero attached hydrogens (tertiary/aromatic N) is 4. The molecule has 1 aliphatic carbocycles. The van der Waals surface area contributed by atoms with Gasteiger partial charge in [0, 0.05) is 39.3 Å². The van der Waals surface area contributed by atoms with Gasteiger partial charge in [-0.25, -0.2) is 4.98 Å². The van der Waals surface area contributed by atoms with E-state index in [1.54, 1.807) is 0 Å². The highest BCUT2D eigenvalue weighted by atomic mass is 15.3. The Kier molecular flexibility index (Phi) is 6.50. The smallest absolute Gasteiger partial charge is 0.193 e. The number of aromatic amines is 1. The van der Waals surface area contributed by atoms with Crippen LogP contribution in [-0.2, 0) is 6.54 Å². The molecule has 0 amide bonds. The summed E-state index contributed by atoms with van der Waals surface area (Å²) in [6.07, 6.45) is 4.58. The number of hydrogen-bond acceptors (Lipinski definition) is 3. The molecule has 1 fully saturated rings. The van der Waals surface area contributed by atoms with Gasteiger partial charge >= 0.3 is 0 Å². The third-order valence-electron chi connectivity index (χ3n) is 5.01. The van der Waals surface area contributed by atoms with Crippen molar-refractivity contribution in [2.75, 3.05) is 27.2 Å². The maximum atomic E-state index is 4.52. The van der Waals surface area contributed by atoms with Crippen LogP contribution in [0.1, 0.15) is 32.5 Å². The van der Waals surface area contributed by atoms with E-state index in [9.17, 15) is 0 Å². The summed E-state index contributed by atoms with van der Waals surface area (Å²) in [4.78, 5) is 17.0. The first-order valence-corrected chi connectivity index (χ1v) is 9.85. The predicted octanol–water partition coefficient (Wildman–Crippen LogP) is 2.96. The van der Waals surface area contributed by atoms with Crippen molar-refractivity contribution in [1.29, 1.82) is 0 Å². The van der Waals surface area contributed by atoms with Gasteiger partial charge in [-0.3, -0.25) is 9.89 Å². The number of nitrogens with one attached hydrogen (secondary N) is 2. The summed E-state index contributed by atoms with van der Waals surface area (Å²) in [5, 5.41) is 3.49. The Labute approximate surface area is 162 Å². The molecule has 0 atom stereocenters. The predicted molar refractivity (Wildman–Crippen MR) is 112 cm³/mol. The number of aromatic nitrogens is 2. The monoisotopic (exact) mass is 368 g/mol. The van der Waals surface area contributed by atoms with E-state index in [-0.39, 0.29) is 0 Å². The number of imidazole rings is 1. The quantitative estimate of drug-likeness (QED) is 0.556. The zero-order valence-electron chi connectivity index (χ0n) is 16.9. The molecule has 3 rings (SSSR count). The molecule has 146 valence electrons. The number of guanidine groups is 1. The Bertz CT molecular complexity index is 730. The minimum absolute atomic E-state index is 0.596. The van der Waals surface area contributed by atoms with Gasteiger partial charge in [-0.15, -0.1) is 0 Å². The van der Waals surface area contributed by atoms with E-state index in [4.69, 9.17) is 0 Å². The Balaban J connectivity index is 1.51. The van der Waals surface area contributed by atoms with E-state index in [2.05, 4.69) is 56.1 Å². The lowest BCUT2D eigenvalue weighted by Crippen LogP contribution is -2.44. The molecular weight excluding hydrogens is 336 g/mol. The zero-order valence-corrected chi connectivity index (χ0v) is 16.9. The molecule has 0 saturated heterocycles. The van der Waals surface area contributed by atoms with Crippen LogP contribution in [0.2, 0.25) is 0 Å². The van der Waals surface area contributed by atoms with Crippen LogP contribution in [-0.4, -0.2) is 65.0 Å². The molecule has 27 heavy (non-hydrogen) atoms.